The molecule has 4 amide bonds. The van der Waals surface area contributed by atoms with E-state index in [1.54, 1.807) is 48.4 Å². The van der Waals surface area contributed by atoms with Gasteiger partial charge in [0.15, 0.2) is 0 Å². The lowest BCUT2D eigenvalue weighted by atomic mass is 10.0. The number of hydrogen-bond donors (Lipinski definition) is 4. The molecule has 4 N–H and O–H groups in total. The average molecular weight is 543 g/mol. The van der Waals surface area contributed by atoms with Crippen LogP contribution < -0.4 is 21.3 Å². The maximum absolute atomic E-state index is 13.0. The Bertz CT molecular complexity index is 831. The number of carbonyl (C=O) groups is 5. The second-order valence-electron chi connectivity index (χ2n) is 8.78. The number of allylic oxidation sites excluding steroid dienone is 2. The number of amides is 4. The van der Waals surface area contributed by atoms with E-state index in [0.29, 0.717) is 19.4 Å². The third kappa shape index (κ3) is 11.5. The second-order valence-corrected chi connectivity index (χ2v) is 11.5. The van der Waals surface area contributed by atoms with Gasteiger partial charge in [0, 0.05) is 18.1 Å². The normalized spacial score (nSPS) is 22.4. The Kier molecular flexibility index (Phi) is 15.0. The van der Waals surface area contributed by atoms with Crippen molar-refractivity contribution in [1.82, 2.24) is 21.3 Å². The third-order valence-electron chi connectivity index (χ3n) is 5.16. The molecule has 0 bridgehead atoms. The molecule has 0 spiro atoms. The minimum Gasteiger partial charge on any atom is -0.456 e. The second kappa shape index (κ2) is 17.1. The summed E-state index contributed by atoms with van der Waals surface area (Å²) < 4.78 is 5.64. The highest BCUT2D eigenvalue weighted by molar-refractivity contribution is 8.76. The van der Waals surface area contributed by atoms with Crippen molar-refractivity contribution >= 4 is 51.7 Å². The Hall–Kier alpha value is -2.47. The van der Waals surface area contributed by atoms with E-state index in [-0.39, 0.29) is 29.9 Å². The van der Waals surface area contributed by atoms with Crippen LogP contribution in [-0.4, -0.2) is 66.3 Å². The molecule has 36 heavy (non-hydrogen) atoms. The highest BCUT2D eigenvalue weighted by Crippen LogP contribution is 2.21. The van der Waals surface area contributed by atoms with Crippen molar-refractivity contribution in [1.29, 1.82) is 0 Å². The topological polar surface area (TPSA) is 143 Å². The average Bonchev–Trinajstić information content (AvgIpc) is 2.82. The minimum atomic E-state index is -1.00. The number of carbonyl (C=O) groups excluding carboxylic acids is 5. The van der Waals surface area contributed by atoms with Crippen LogP contribution in [0, 0.1) is 11.8 Å². The molecule has 0 aromatic rings. The number of rotatable bonds is 8. The van der Waals surface area contributed by atoms with Gasteiger partial charge in [-0.25, -0.2) is 4.79 Å². The Morgan fingerprint density at radius 2 is 1.86 bits per heavy atom. The summed E-state index contributed by atoms with van der Waals surface area (Å²) in [6.07, 6.45) is 4.96. The van der Waals surface area contributed by atoms with Crippen LogP contribution >= 0.6 is 21.6 Å². The van der Waals surface area contributed by atoms with Gasteiger partial charge in [0.1, 0.15) is 23.9 Å². The van der Waals surface area contributed by atoms with Gasteiger partial charge in [0.25, 0.3) is 5.91 Å². The van der Waals surface area contributed by atoms with Gasteiger partial charge in [-0.3, -0.25) is 19.2 Å². The van der Waals surface area contributed by atoms with E-state index in [2.05, 4.69) is 21.3 Å². The SMILES string of the molecule is C/C=C(\NC=O)C(=O)N[C@H](C(=O)O[C@@H]1/C=C/CCSSCCNC(=O)[C@@H](C(C)C)NC(=O)C1)C(C)C. The van der Waals surface area contributed by atoms with Crippen LogP contribution in [0.15, 0.2) is 23.9 Å². The maximum Gasteiger partial charge on any atom is 0.329 e. The lowest BCUT2D eigenvalue weighted by molar-refractivity contribution is -0.153. The van der Waals surface area contributed by atoms with E-state index in [9.17, 15) is 24.0 Å². The Morgan fingerprint density at radius 1 is 1.17 bits per heavy atom. The molecule has 0 unspecified atom stereocenters. The van der Waals surface area contributed by atoms with Gasteiger partial charge in [-0.2, -0.15) is 0 Å². The summed E-state index contributed by atoms with van der Waals surface area (Å²) in [5.41, 5.74) is 0.00464. The van der Waals surface area contributed by atoms with Crippen LogP contribution in [0.5, 0.6) is 0 Å². The first-order valence-electron chi connectivity index (χ1n) is 12.0. The molecule has 10 nitrogen and oxygen atoms in total. The van der Waals surface area contributed by atoms with Crippen LogP contribution in [0.2, 0.25) is 0 Å². The van der Waals surface area contributed by atoms with Gasteiger partial charge >= 0.3 is 5.97 Å². The van der Waals surface area contributed by atoms with E-state index in [1.165, 1.54) is 6.08 Å². The lowest BCUT2D eigenvalue weighted by Gasteiger charge is -2.25. The van der Waals surface area contributed by atoms with E-state index in [1.807, 2.05) is 19.9 Å². The summed E-state index contributed by atoms with van der Waals surface area (Å²) in [5.74, 6) is -0.909. The Labute approximate surface area is 221 Å². The van der Waals surface area contributed by atoms with E-state index < -0.39 is 36.0 Å². The summed E-state index contributed by atoms with van der Waals surface area (Å²) in [6, 6.07) is -1.72. The third-order valence-corrected chi connectivity index (χ3v) is 7.60. The predicted molar refractivity (Wildman–Crippen MR) is 143 cm³/mol. The quantitative estimate of drug-likeness (QED) is 0.119. The summed E-state index contributed by atoms with van der Waals surface area (Å²) in [7, 11) is 3.33. The molecule has 0 aromatic carbocycles. The molecule has 0 fully saturated rings. The van der Waals surface area contributed by atoms with Gasteiger partial charge in [-0.05, 0) is 31.3 Å². The van der Waals surface area contributed by atoms with Crippen molar-refractivity contribution in [2.24, 2.45) is 11.8 Å². The molecule has 1 heterocycles. The molecule has 1 rings (SSSR count). The number of hydrogen-bond acceptors (Lipinski definition) is 8. The van der Waals surface area contributed by atoms with Crippen LogP contribution in [0.4, 0.5) is 0 Å². The van der Waals surface area contributed by atoms with Crippen molar-refractivity contribution < 1.29 is 28.7 Å². The zero-order valence-corrected chi connectivity index (χ0v) is 23.1. The van der Waals surface area contributed by atoms with Crippen molar-refractivity contribution in [2.45, 2.75) is 65.6 Å². The number of ether oxygens (including phenoxy) is 1. The van der Waals surface area contributed by atoms with Crippen molar-refractivity contribution in [2.75, 3.05) is 18.1 Å². The lowest BCUT2D eigenvalue weighted by Crippen LogP contribution is -2.51. The largest absolute Gasteiger partial charge is 0.456 e. The Balaban J connectivity index is 3.03. The van der Waals surface area contributed by atoms with Crippen molar-refractivity contribution in [3.63, 3.8) is 0 Å². The highest BCUT2D eigenvalue weighted by atomic mass is 33.1. The smallest absolute Gasteiger partial charge is 0.329 e. The molecule has 0 saturated heterocycles. The highest BCUT2D eigenvalue weighted by Gasteiger charge is 2.30. The summed E-state index contributed by atoms with van der Waals surface area (Å²) in [6.45, 7) is 9.26. The first-order chi connectivity index (χ1) is 17.1. The monoisotopic (exact) mass is 542 g/mol. The molecule has 3 atom stereocenters. The van der Waals surface area contributed by atoms with Crippen molar-refractivity contribution in [3.05, 3.63) is 23.9 Å². The Morgan fingerprint density at radius 3 is 2.47 bits per heavy atom. The van der Waals surface area contributed by atoms with Gasteiger partial charge in [0.05, 0.1) is 6.42 Å². The standard InChI is InChI=1S/C24H38N4O6S2/c1-6-18(26-14-29)22(31)28-21(16(4)5)24(33)34-17-9-7-8-11-35-36-12-10-25-23(32)20(15(2)3)27-19(30)13-17/h6-7,9,14-17,20-21H,8,10-13H2,1-5H3,(H,25,32)(H,26,29)(H,27,30)(H,28,31)/b9-7+,18-6-/t17-,20-,21+/m1/s1. The van der Waals surface area contributed by atoms with Crippen LogP contribution in [-0.2, 0) is 28.7 Å². The summed E-state index contributed by atoms with van der Waals surface area (Å²) >= 11 is 0. The number of nitrogens with one attached hydrogen (secondary N) is 4. The molecule has 1 aliphatic rings. The van der Waals surface area contributed by atoms with Crippen molar-refractivity contribution in [3.8, 4) is 0 Å². The first-order valence-corrected chi connectivity index (χ1v) is 14.4. The van der Waals surface area contributed by atoms with E-state index >= 15 is 0 Å². The van der Waals surface area contributed by atoms with Crippen LogP contribution in [0.1, 0.15) is 47.5 Å². The van der Waals surface area contributed by atoms with E-state index in [0.717, 1.165) is 11.5 Å². The molecule has 202 valence electrons. The van der Waals surface area contributed by atoms with Gasteiger partial charge in [-0.1, -0.05) is 61.4 Å². The maximum atomic E-state index is 13.0. The first kappa shape index (κ1) is 31.6. The molecule has 12 heteroatoms. The molecular formula is C24H38N4O6S2. The van der Waals surface area contributed by atoms with Gasteiger partial charge in [0.2, 0.25) is 18.2 Å². The fourth-order valence-electron chi connectivity index (χ4n) is 3.19. The minimum absolute atomic E-state index is 0.00464. The van der Waals surface area contributed by atoms with Gasteiger partial charge < -0.3 is 26.0 Å². The van der Waals surface area contributed by atoms with Crippen LogP contribution in [0.3, 0.4) is 0 Å². The number of esters is 1. The molecule has 0 radical (unpaired) electrons. The molecule has 1 aliphatic heterocycles. The summed E-state index contributed by atoms with van der Waals surface area (Å²) in [5, 5.41) is 10.5. The molecular weight excluding hydrogens is 504 g/mol. The zero-order chi connectivity index (χ0) is 27.1. The van der Waals surface area contributed by atoms with E-state index in [4.69, 9.17) is 4.74 Å². The zero-order valence-electron chi connectivity index (χ0n) is 21.5. The molecule has 0 saturated carbocycles. The van der Waals surface area contributed by atoms with Gasteiger partial charge in [-0.15, -0.1) is 0 Å². The molecule has 0 aliphatic carbocycles. The molecule has 0 aromatic heterocycles. The fourth-order valence-corrected chi connectivity index (χ4v) is 5.09. The van der Waals surface area contributed by atoms with Crippen LogP contribution in [0.25, 0.3) is 0 Å². The predicted octanol–water partition coefficient (Wildman–Crippen LogP) is 1.68. The summed E-state index contributed by atoms with van der Waals surface area (Å²) in [4.78, 5) is 61.6. The fraction of sp³-hybridized carbons (Fsp3) is 0.625.